The van der Waals surface area contributed by atoms with Crippen molar-refractivity contribution in [3.63, 3.8) is 0 Å². The summed E-state index contributed by atoms with van der Waals surface area (Å²) < 4.78 is 0. The van der Waals surface area contributed by atoms with Gasteiger partial charge in [0.2, 0.25) is 5.91 Å². The normalized spacial score (nSPS) is 9.67. The lowest BCUT2D eigenvalue weighted by Crippen LogP contribution is -2.15. The summed E-state index contributed by atoms with van der Waals surface area (Å²) in [6, 6.07) is 3.71. The van der Waals surface area contributed by atoms with Crippen LogP contribution < -0.4 is 5.32 Å². The van der Waals surface area contributed by atoms with Gasteiger partial charge in [0.1, 0.15) is 5.75 Å². The first-order chi connectivity index (χ1) is 7.04. The summed E-state index contributed by atoms with van der Waals surface area (Å²) in [5, 5.41) is 20.4. The number of phenols is 1. The van der Waals surface area contributed by atoms with Crippen LogP contribution in [0.3, 0.4) is 0 Å². The molecule has 0 aromatic heterocycles. The molecule has 0 unspecified atom stereocenters. The fraction of sp³-hybridized carbons (Fsp3) is 0.111. The number of nitrogens with one attached hydrogen (secondary N) is 1. The third-order valence-electron chi connectivity index (χ3n) is 1.63. The lowest BCUT2D eigenvalue weighted by Gasteiger charge is -2.07. The summed E-state index contributed by atoms with van der Waals surface area (Å²) in [5.74, 6) is -1.73. The number of aromatic carboxylic acids is 1. The number of carboxylic acid groups (broad SMARTS) is 1. The minimum atomic E-state index is -1.21. The number of carboxylic acids is 1. The van der Waals surface area contributed by atoms with Crippen LogP contribution in [0.5, 0.6) is 5.75 Å². The SMILES string of the molecule is O=C(CBr)Nc1ccc(O)cc1C(=O)O. The number of anilines is 1. The van der Waals surface area contributed by atoms with Crippen molar-refractivity contribution in [2.75, 3.05) is 10.6 Å². The molecule has 0 saturated carbocycles. The standard InChI is InChI=1S/C9H8BrNO4/c10-4-8(13)11-7-2-1-5(12)3-6(7)9(14)15/h1-3,12H,4H2,(H,11,13)(H,14,15). The van der Waals surface area contributed by atoms with Crippen LogP contribution in [0.15, 0.2) is 18.2 Å². The Morgan fingerprint density at radius 1 is 1.40 bits per heavy atom. The predicted octanol–water partition coefficient (Wildman–Crippen LogP) is 1.42. The highest BCUT2D eigenvalue weighted by Crippen LogP contribution is 2.21. The number of phenolic OH excluding ortho intramolecular Hbond substituents is 1. The van der Waals surface area contributed by atoms with Crippen molar-refractivity contribution in [3.8, 4) is 5.75 Å². The number of halogens is 1. The Morgan fingerprint density at radius 3 is 2.60 bits per heavy atom. The van der Waals surface area contributed by atoms with Gasteiger partial charge in [-0.2, -0.15) is 0 Å². The van der Waals surface area contributed by atoms with Crippen LogP contribution in [0.25, 0.3) is 0 Å². The van der Waals surface area contributed by atoms with Gasteiger partial charge in [-0.1, -0.05) is 15.9 Å². The zero-order valence-electron chi connectivity index (χ0n) is 7.53. The van der Waals surface area contributed by atoms with E-state index in [1.807, 2.05) is 0 Å². The number of benzene rings is 1. The molecule has 1 amide bonds. The maximum Gasteiger partial charge on any atom is 0.337 e. The average molecular weight is 274 g/mol. The number of hydrogen-bond acceptors (Lipinski definition) is 3. The fourth-order valence-electron chi connectivity index (χ4n) is 1.00. The molecule has 0 saturated heterocycles. The molecule has 0 atom stereocenters. The van der Waals surface area contributed by atoms with Crippen LogP contribution in [0, 0.1) is 0 Å². The molecule has 0 radical (unpaired) electrons. The maximum absolute atomic E-state index is 11.0. The number of hydrogen-bond donors (Lipinski definition) is 3. The van der Waals surface area contributed by atoms with Gasteiger partial charge in [-0.15, -0.1) is 0 Å². The number of alkyl halides is 1. The van der Waals surface area contributed by atoms with Gasteiger partial charge in [0.05, 0.1) is 16.6 Å². The second-order valence-electron chi connectivity index (χ2n) is 2.72. The van der Waals surface area contributed by atoms with Gasteiger partial charge in [0, 0.05) is 0 Å². The van der Waals surface area contributed by atoms with Crippen LogP contribution in [-0.4, -0.2) is 27.4 Å². The van der Waals surface area contributed by atoms with Crippen molar-refractivity contribution < 1.29 is 19.8 Å². The smallest absolute Gasteiger partial charge is 0.337 e. The fourth-order valence-corrected chi connectivity index (χ4v) is 1.14. The highest BCUT2D eigenvalue weighted by atomic mass is 79.9. The molecule has 0 heterocycles. The van der Waals surface area contributed by atoms with Crippen molar-refractivity contribution in [2.24, 2.45) is 0 Å². The minimum Gasteiger partial charge on any atom is -0.508 e. The highest BCUT2D eigenvalue weighted by molar-refractivity contribution is 9.09. The lowest BCUT2D eigenvalue weighted by atomic mass is 10.1. The third kappa shape index (κ3) is 2.95. The van der Waals surface area contributed by atoms with Gasteiger partial charge in [-0.25, -0.2) is 4.79 Å². The predicted molar refractivity (Wildman–Crippen MR) is 57.5 cm³/mol. The molecule has 0 aliphatic carbocycles. The summed E-state index contributed by atoms with van der Waals surface area (Å²) in [6.45, 7) is 0. The van der Waals surface area contributed by atoms with E-state index < -0.39 is 5.97 Å². The monoisotopic (exact) mass is 273 g/mol. The maximum atomic E-state index is 11.0. The molecule has 0 fully saturated rings. The number of carbonyl (C=O) groups is 2. The molecular weight excluding hydrogens is 266 g/mol. The molecule has 0 bridgehead atoms. The zero-order chi connectivity index (χ0) is 11.4. The second-order valence-corrected chi connectivity index (χ2v) is 3.28. The van der Waals surface area contributed by atoms with E-state index in [2.05, 4.69) is 21.2 Å². The summed E-state index contributed by atoms with van der Waals surface area (Å²) in [7, 11) is 0. The first-order valence-electron chi connectivity index (χ1n) is 3.96. The van der Waals surface area contributed by atoms with E-state index in [1.54, 1.807) is 0 Å². The van der Waals surface area contributed by atoms with Crippen LogP contribution in [0.2, 0.25) is 0 Å². The largest absolute Gasteiger partial charge is 0.508 e. The summed E-state index contributed by atoms with van der Waals surface area (Å²) in [5.41, 5.74) is 0.00838. The second kappa shape index (κ2) is 4.79. The number of aromatic hydroxyl groups is 1. The van der Waals surface area contributed by atoms with Gasteiger partial charge >= 0.3 is 5.97 Å². The molecule has 80 valence electrons. The van der Waals surface area contributed by atoms with E-state index in [9.17, 15) is 9.59 Å². The molecule has 1 rings (SSSR count). The summed E-state index contributed by atoms with van der Waals surface area (Å²) in [4.78, 5) is 21.8. The minimum absolute atomic E-state index is 0.0763. The van der Waals surface area contributed by atoms with E-state index in [-0.39, 0.29) is 28.2 Å². The number of rotatable bonds is 3. The van der Waals surface area contributed by atoms with Gasteiger partial charge in [0.15, 0.2) is 0 Å². The molecule has 0 spiro atoms. The van der Waals surface area contributed by atoms with Crippen LogP contribution >= 0.6 is 15.9 Å². The van der Waals surface area contributed by atoms with Crippen molar-refractivity contribution in [1.82, 2.24) is 0 Å². The molecular formula is C9H8BrNO4. The Morgan fingerprint density at radius 2 is 2.07 bits per heavy atom. The van der Waals surface area contributed by atoms with Crippen LogP contribution in [0.1, 0.15) is 10.4 Å². The molecule has 1 aromatic carbocycles. The average Bonchev–Trinajstić information content (AvgIpc) is 2.20. The molecule has 1 aromatic rings. The first-order valence-corrected chi connectivity index (χ1v) is 5.09. The van der Waals surface area contributed by atoms with Crippen molar-refractivity contribution in [3.05, 3.63) is 23.8 Å². The van der Waals surface area contributed by atoms with Crippen molar-refractivity contribution in [2.45, 2.75) is 0 Å². The first kappa shape index (κ1) is 11.5. The quantitative estimate of drug-likeness (QED) is 0.574. The molecule has 5 nitrogen and oxygen atoms in total. The van der Waals surface area contributed by atoms with Gasteiger partial charge < -0.3 is 15.5 Å². The molecule has 0 aliphatic heterocycles. The lowest BCUT2D eigenvalue weighted by molar-refractivity contribution is -0.113. The number of carbonyl (C=O) groups excluding carboxylic acids is 1. The van der Waals surface area contributed by atoms with Gasteiger partial charge in [-0.05, 0) is 18.2 Å². The van der Waals surface area contributed by atoms with E-state index in [4.69, 9.17) is 10.2 Å². The van der Waals surface area contributed by atoms with Gasteiger partial charge in [0.25, 0.3) is 0 Å². The van der Waals surface area contributed by atoms with E-state index in [0.717, 1.165) is 6.07 Å². The van der Waals surface area contributed by atoms with Crippen LogP contribution in [-0.2, 0) is 4.79 Å². The third-order valence-corrected chi connectivity index (χ3v) is 2.14. The molecule has 3 N–H and O–H groups in total. The Kier molecular flexibility index (Phi) is 3.68. The van der Waals surface area contributed by atoms with E-state index in [0.29, 0.717) is 0 Å². The van der Waals surface area contributed by atoms with E-state index >= 15 is 0 Å². The van der Waals surface area contributed by atoms with Crippen molar-refractivity contribution in [1.29, 1.82) is 0 Å². The highest BCUT2D eigenvalue weighted by Gasteiger charge is 2.12. The molecule has 6 heteroatoms. The Hall–Kier alpha value is -1.56. The Balaban J connectivity index is 3.06. The van der Waals surface area contributed by atoms with E-state index in [1.165, 1.54) is 12.1 Å². The topological polar surface area (TPSA) is 86.6 Å². The van der Waals surface area contributed by atoms with Crippen molar-refractivity contribution >= 4 is 33.5 Å². The zero-order valence-corrected chi connectivity index (χ0v) is 9.11. The molecule has 0 aliphatic rings. The molecule has 15 heavy (non-hydrogen) atoms. The number of amides is 1. The summed E-state index contributed by atoms with van der Waals surface area (Å²) >= 11 is 2.94. The van der Waals surface area contributed by atoms with Gasteiger partial charge in [-0.3, -0.25) is 4.79 Å². The Labute approximate surface area is 93.9 Å². The summed E-state index contributed by atoms with van der Waals surface area (Å²) in [6.07, 6.45) is 0. The Bertz CT molecular complexity index is 405. The van der Waals surface area contributed by atoms with Crippen LogP contribution in [0.4, 0.5) is 5.69 Å².